The minimum absolute atomic E-state index is 0.0351. The molecule has 1 aromatic heterocycles. The number of hydrogen-bond acceptors (Lipinski definition) is 5. The zero-order valence-corrected chi connectivity index (χ0v) is 19.9. The normalized spacial score (nSPS) is 13.9. The van der Waals surface area contributed by atoms with E-state index in [0.717, 1.165) is 16.8 Å². The van der Waals surface area contributed by atoms with E-state index in [-0.39, 0.29) is 35.9 Å². The van der Waals surface area contributed by atoms with Gasteiger partial charge in [-0.3, -0.25) is 14.4 Å². The molecule has 2 amide bonds. The van der Waals surface area contributed by atoms with Crippen LogP contribution in [0, 0.1) is 5.92 Å². The van der Waals surface area contributed by atoms with Crippen molar-refractivity contribution in [2.24, 2.45) is 5.92 Å². The highest BCUT2D eigenvalue weighted by molar-refractivity contribution is 6.04. The lowest BCUT2D eigenvalue weighted by atomic mass is 9.96. The van der Waals surface area contributed by atoms with Crippen molar-refractivity contribution < 1.29 is 23.5 Å². The summed E-state index contributed by atoms with van der Waals surface area (Å²) >= 11 is 0. The Labute approximate surface area is 205 Å². The second kappa shape index (κ2) is 11.5. The number of amides is 2. The van der Waals surface area contributed by atoms with E-state index in [1.54, 1.807) is 24.0 Å². The second-order valence-electron chi connectivity index (χ2n) is 8.60. The Bertz CT molecular complexity index is 1120. The standard InChI is InChI=1S/C28H30N2O5/c1-2-34-28(33)23-14-16-29(17-15-23)26(31)19-21-10-12-24(13-11-21)30(20-22-7-4-3-5-8-22)27(32)25-9-6-18-35-25/h3-13,18,23H,2,14-17,19-20H2,1H3. The molecule has 0 saturated carbocycles. The molecule has 0 bridgehead atoms. The van der Waals surface area contributed by atoms with Crippen LogP contribution in [0.25, 0.3) is 0 Å². The van der Waals surface area contributed by atoms with Gasteiger partial charge in [-0.15, -0.1) is 0 Å². The summed E-state index contributed by atoms with van der Waals surface area (Å²) in [7, 11) is 0. The van der Waals surface area contributed by atoms with Gasteiger partial charge in [0.1, 0.15) is 0 Å². The first-order valence-corrected chi connectivity index (χ1v) is 12.0. The summed E-state index contributed by atoms with van der Waals surface area (Å²) in [6.07, 6.45) is 3.02. The zero-order chi connectivity index (χ0) is 24.6. The maximum atomic E-state index is 13.1. The Morgan fingerprint density at radius 2 is 1.66 bits per heavy atom. The van der Waals surface area contributed by atoms with E-state index in [9.17, 15) is 14.4 Å². The molecule has 0 aliphatic carbocycles. The van der Waals surface area contributed by atoms with Crippen LogP contribution < -0.4 is 4.90 Å². The fourth-order valence-electron chi connectivity index (χ4n) is 4.28. The average molecular weight is 475 g/mol. The molecule has 0 unspecified atom stereocenters. The van der Waals surface area contributed by atoms with Crippen molar-refractivity contribution in [1.29, 1.82) is 0 Å². The van der Waals surface area contributed by atoms with Crippen LogP contribution in [0.4, 0.5) is 5.69 Å². The molecule has 0 radical (unpaired) electrons. The second-order valence-corrected chi connectivity index (χ2v) is 8.60. The van der Waals surface area contributed by atoms with Gasteiger partial charge in [0, 0.05) is 18.8 Å². The maximum Gasteiger partial charge on any atom is 0.309 e. The van der Waals surface area contributed by atoms with E-state index >= 15 is 0 Å². The average Bonchev–Trinajstić information content (AvgIpc) is 3.43. The van der Waals surface area contributed by atoms with E-state index in [4.69, 9.17) is 9.15 Å². The number of piperidine rings is 1. The molecule has 7 heteroatoms. The number of hydrogen-bond donors (Lipinski definition) is 0. The van der Waals surface area contributed by atoms with Gasteiger partial charge in [0.05, 0.1) is 31.8 Å². The van der Waals surface area contributed by atoms with Crippen molar-refractivity contribution in [3.8, 4) is 0 Å². The molecule has 182 valence electrons. The fraction of sp³-hybridized carbons (Fsp3) is 0.321. The van der Waals surface area contributed by atoms with Gasteiger partial charge in [-0.05, 0) is 55.2 Å². The highest BCUT2D eigenvalue weighted by Crippen LogP contribution is 2.23. The van der Waals surface area contributed by atoms with Gasteiger partial charge < -0.3 is 19.0 Å². The van der Waals surface area contributed by atoms with Crippen molar-refractivity contribution >= 4 is 23.5 Å². The molecule has 1 aliphatic rings. The first-order valence-electron chi connectivity index (χ1n) is 12.0. The summed E-state index contributed by atoms with van der Waals surface area (Å²) in [6.45, 7) is 3.69. The third-order valence-electron chi connectivity index (χ3n) is 6.23. The van der Waals surface area contributed by atoms with Crippen LogP contribution in [0.1, 0.15) is 41.4 Å². The minimum Gasteiger partial charge on any atom is -0.466 e. The summed E-state index contributed by atoms with van der Waals surface area (Å²) in [6, 6.07) is 20.6. The van der Waals surface area contributed by atoms with Crippen LogP contribution in [0.2, 0.25) is 0 Å². The van der Waals surface area contributed by atoms with Gasteiger partial charge in [0.2, 0.25) is 5.91 Å². The summed E-state index contributed by atoms with van der Waals surface area (Å²) in [5.41, 5.74) is 2.59. The number of esters is 1. The van der Waals surface area contributed by atoms with Crippen LogP contribution in [0.5, 0.6) is 0 Å². The van der Waals surface area contributed by atoms with Gasteiger partial charge in [-0.2, -0.15) is 0 Å². The molecule has 35 heavy (non-hydrogen) atoms. The Morgan fingerprint density at radius 3 is 2.29 bits per heavy atom. The summed E-state index contributed by atoms with van der Waals surface area (Å²) in [5.74, 6) is -0.216. The number of nitrogens with zero attached hydrogens (tertiary/aromatic N) is 2. The maximum absolute atomic E-state index is 13.1. The quantitative estimate of drug-likeness (QED) is 0.450. The molecule has 2 heterocycles. The molecule has 3 aromatic rings. The van der Waals surface area contributed by atoms with E-state index in [1.807, 2.05) is 59.5 Å². The molecule has 7 nitrogen and oxygen atoms in total. The highest BCUT2D eigenvalue weighted by atomic mass is 16.5. The summed E-state index contributed by atoms with van der Waals surface area (Å²) in [4.78, 5) is 41.4. The monoisotopic (exact) mass is 474 g/mol. The highest BCUT2D eigenvalue weighted by Gasteiger charge is 2.28. The third kappa shape index (κ3) is 6.18. The topological polar surface area (TPSA) is 80.1 Å². The molecule has 1 saturated heterocycles. The first-order chi connectivity index (χ1) is 17.0. The van der Waals surface area contributed by atoms with Crippen molar-refractivity contribution in [1.82, 2.24) is 4.90 Å². The van der Waals surface area contributed by atoms with E-state index in [2.05, 4.69) is 0 Å². The molecule has 2 aromatic carbocycles. The molecule has 1 fully saturated rings. The number of rotatable bonds is 8. The Hall–Kier alpha value is -3.87. The predicted octanol–water partition coefficient (Wildman–Crippen LogP) is 4.47. The van der Waals surface area contributed by atoms with Crippen LogP contribution in [-0.2, 0) is 27.3 Å². The van der Waals surface area contributed by atoms with Crippen LogP contribution in [-0.4, -0.2) is 42.4 Å². The number of likely N-dealkylation sites (tertiary alicyclic amines) is 1. The summed E-state index contributed by atoms with van der Waals surface area (Å²) < 4.78 is 10.4. The number of anilines is 1. The fourth-order valence-corrected chi connectivity index (χ4v) is 4.28. The molecule has 0 spiro atoms. The van der Waals surface area contributed by atoms with E-state index < -0.39 is 0 Å². The Kier molecular flexibility index (Phi) is 7.98. The molecule has 0 N–H and O–H groups in total. The number of furan rings is 1. The lowest BCUT2D eigenvalue weighted by Crippen LogP contribution is -2.41. The van der Waals surface area contributed by atoms with E-state index in [0.29, 0.717) is 39.1 Å². The Balaban J connectivity index is 1.41. The van der Waals surface area contributed by atoms with Crippen molar-refractivity contribution in [2.45, 2.75) is 32.7 Å². The largest absolute Gasteiger partial charge is 0.466 e. The number of carbonyl (C=O) groups is 3. The SMILES string of the molecule is CCOC(=O)C1CCN(C(=O)Cc2ccc(N(Cc3ccccc3)C(=O)c3ccco3)cc2)CC1. The van der Waals surface area contributed by atoms with Gasteiger partial charge >= 0.3 is 5.97 Å². The molecular formula is C28H30N2O5. The van der Waals surface area contributed by atoms with Crippen LogP contribution in [0.15, 0.2) is 77.4 Å². The number of carbonyl (C=O) groups excluding carboxylic acids is 3. The minimum atomic E-state index is -0.229. The zero-order valence-electron chi connectivity index (χ0n) is 19.9. The van der Waals surface area contributed by atoms with Gasteiger partial charge in [-0.1, -0.05) is 42.5 Å². The van der Waals surface area contributed by atoms with Crippen LogP contribution in [0.3, 0.4) is 0 Å². The lowest BCUT2D eigenvalue weighted by Gasteiger charge is -2.31. The van der Waals surface area contributed by atoms with Gasteiger partial charge in [0.15, 0.2) is 5.76 Å². The smallest absolute Gasteiger partial charge is 0.309 e. The lowest BCUT2D eigenvalue weighted by molar-refractivity contribution is -0.151. The van der Waals surface area contributed by atoms with Crippen molar-refractivity contribution in [2.75, 3.05) is 24.6 Å². The predicted molar refractivity (Wildman–Crippen MR) is 132 cm³/mol. The molecular weight excluding hydrogens is 444 g/mol. The van der Waals surface area contributed by atoms with Gasteiger partial charge in [-0.25, -0.2) is 0 Å². The summed E-state index contributed by atoms with van der Waals surface area (Å²) in [5, 5.41) is 0. The first kappa shape index (κ1) is 24.3. The molecule has 0 atom stereocenters. The number of benzene rings is 2. The van der Waals surface area contributed by atoms with Crippen molar-refractivity contribution in [3.63, 3.8) is 0 Å². The van der Waals surface area contributed by atoms with Crippen LogP contribution >= 0.6 is 0 Å². The van der Waals surface area contributed by atoms with E-state index in [1.165, 1.54) is 6.26 Å². The molecule has 4 rings (SSSR count). The number of ether oxygens (including phenoxy) is 1. The Morgan fingerprint density at radius 1 is 0.943 bits per heavy atom. The van der Waals surface area contributed by atoms with Gasteiger partial charge in [0.25, 0.3) is 5.91 Å². The van der Waals surface area contributed by atoms with Crippen molar-refractivity contribution in [3.05, 3.63) is 89.9 Å². The molecule has 1 aliphatic heterocycles. The third-order valence-corrected chi connectivity index (χ3v) is 6.23.